The molecule has 0 amide bonds. The van der Waals surface area contributed by atoms with Crippen LogP contribution in [0.25, 0.3) is 22.4 Å². The zero-order valence-electron chi connectivity index (χ0n) is 10.9. The molecule has 3 rings (SSSR count). The van der Waals surface area contributed by atoms with E-state index in [0.29, 0.717) is 27.4 Å². The van der Waals surface area contributed by atoms with Crippen LogP contribution < -0.4 is 0 Å². The van der Waals surface area contributed by atoms with E-state index >= 15 is 0 Å². The van der Waals surface area contributed by atoms with E-state index in [1.807, 2.05) is 0 Å². The summed E-state index contributed by atoms with van der Waals surface area (Å²) in [5.74, 6) is -0.816. The van der Waals surface area contributed by atoms with Gasteiger partial charge in [0, 0.05) is 22.9 Å². The van der Waals surface area contributed by atoms with Crippen molar-refractivity contribution < 1.29 is 8.78 Å². The van der Waals surface area contributed by atoms with Gasteiger partial charge in [-0.3, -0.25) is 4.98 Å². The van der Waals surface area contributed by atoms with Crippen molar-refractivity contribution in [1.82, 2.24) is 4.98 Å². The molecule has 104 valence electrons. The van der Waals surface area contributed by atoms with Gasteiger partial charge in [-0.25, -0.2) is 8.78 Å². The van der Waals surface area contributed by atoms with E-state index in [1.165, 1.54) is 18.3 Å². The van der Waals surface area contributed by atoms with E-state index in [2.05, 4.69) is 4.98 Å². The minimum atomic E-state index is -0.412. The molecule has 0 bridgehead atoms. The molecule has 0 saturated carbocycles. The third-order valence-electron chi connectivity index (χ3n) is 3.15. The molecule has 0 atom stereocenters. The van der Waals surface area contributed by atoms with Gasteiger partial charge in [-0.05, 0) is 24.3 Å². The quantitative estimate of drug-likeness (QED) is 0.622. The number of benzene rings is 2. The van der Waals surface area contributed by atoms with Crippen molar-refractivity contribution in [1.29, 1.82) is 0 Å². The fraction of sp³-hybridized carbons (Fsp3) is 0. The Kier molecular flexibility index (Phi) is 3.67. The summed E-state index contributed by atoms with van der Waals surface area (Å²) < 4.78 is 28.0. The Morgan fingerprint density at radius 1 is 0.762 bits per heavy atom. The predicted molar refractivity (Wildman–Crippen MR) is 80.0 cm³/mol. The molecule has 0 aliphatic carbocycles. The third kappa shape index (κ3) is 2.65. The predicted octanol–water partition coefficient (Wildman–Crippen LogP) is 5.35. The van der Waals surface area contributed by atoms with Crippen LogP contribution in [0.2, 0.25) is 5.02 Å². The van der Waals surface area contributed by atoms with Crippen LogP contribution in [-0.2, 0) is 0 Å². The summed E-state index contributed by atoms with van der Waals surface area (Å²) in [5.41, 5.74) is 1.48. The van der Waals surface area contributed by atoms with E-state index < -0.39 is 11.6 Å². The number of rotatable bonds is 2. The SMILES string of the molecule is Fc1ccccc1-c1cc(Cl)cnc1-c1ccccc1F. The number of aromatic nitrogens is 1. The van der Waals surface area contributed by atoms with Crippen LogP contribution in [0.4, 0.5) is 8.78 Å². The van der Waals surface area contributed by atoms with Gasteiger partial charge < -0.3 is 0 Å². The van der Waals surface area contributed by atoms with Crippen molar-refractivity contribution >= 4 is 11.6 Å². The molecule has 0 unspecified atom stereocenters. The van der Waals surface area contributed by atoms with Gasteiger partial charge in [-0.2, -0.15) is 0 Å². The van der Waals surface area contributed by atoms with Gasteiger partial charge in [-0.1, -0.05) is 41.9 Å². The maximum atomic E-state index is 14.0. The molecule has 3 aromatic rings. The molecule has 0 aliphatic rings. The molecule has 21 heavy (non-hydrogen) atoms. The third-order valence-corrected chi connectivity index (χ3v) is 3.35. The highest BCUT2D eigenvalue weighted by Gasteiger charge is 2.15. The lowest BCUT2D eigenvalue weighted by molar-refractivity contribution is 0.629. The van der Waals surface area contributed by atoms with E-state index in [-0.39, 0.29) is 0 Å². The van der Waals surface area contributed by atoms with Crippen molar-refractivity contribution in [3.05, 3.63) is 77.5 Å². The van der Waals surface area contributed by atoms with Crippen LogP contribution >= 0.6 is 11.6 Å². The van der Waals surface area contributed by atoms with Crippen molar-refractivity contribution in [2.24, 2.45) is 0 Å². The van der Waals surface area contributed by atoms with E-state index in [4.69, 9.17) is 11.6 Å². The lowest BCUT2D eigenvalue weighted by Crippen LogP contribution is -1.94. The second kappa shape index (κ2) is 5.62. The number of pyridine rings is 1. The van der Waals surface area contributed by atoms with E-state index in [1.54, 1.807) is 42.5 Å². The molecule has 0 N–H and O–H groups in total. The lowest BCUT2D eigenvalue weighted by Gasteiger charge is -2.11. The standard InChI is InChI=1S/C17H10ClF2N/c18-11-9-14(12-5-1-3-7-15(12)19)17(21-10-11)13-6-2-4-8-16(13)20/h1-10H. The van der Waals surface area contributed by atoms with Gasteiger partial charge in [0.1, 0.15) is 11.6 Å². The first-order valence-electron chi connectivity index (χ1n) is 6.32. The summed E-state index contributed by atoms with van der Waals surface area (Å²) in [4.78, 5) is 4.19. The number of nitrogens with zero attached hydrogens (tertiary/aromatic N) is 1. The molecule has 2 aromatic carbocycles. The van der Waals surface area contributed by atoms with E-state index in [0.717, 1.165) is 0 Å². The largest absolute Gasteiger partial charge is 0.254 e. The first-order valence-corrected chi connectivity index (χ1v) is 6.70. The summed E-state index contributed by atoms with van der Waals surface area (Å²) in [6, 6.07) is 14.1. The van der Waals surface area contributed by atoms with Crippen LogP contribution in [-0.4, -0.2) is 4.98 Å². The summed E-state index contributed by atoms with van der Waals surface area (Å²) in [5, 5.41) is 0.369. The Morgan fingerprint density at radius 3 is 1.95 bits per heavy atom. The zero-order valence-corrected chi connectivity index (χ0v) is 11.6. The van der Waals surface area contributed by atoms with Gasteiger partial charge in [0.2, 0.25) is 0 Å². The number of hydrogen-bond acceptors (Lipinski definition) is 1. The average Bonchev–Trinajstić information content (AvgIpc) is 2.49. The minimum absolute atomic E-state index is 0.312. The average molecular weight is 302 g/mol. The molecule has 1 heterocycles. The topological polar surface area (TPSA) is 12.9 Å². The van der Waals surface area contributed by atoms with Gasteiger partial charge in [0.15, 0.2) is 0 Å². The first-order chi connectivity index (χ1) is 10.2. The maximum absolute atomic E-state index is 14.0. The summed E-state index contributed by atoms with van der Waals surface area (Å²) in [7, 11) is 0. The molecule has 1 aromatic heterocycles. The van der Waals surface area contributed by atoms with Gasteiger partial charge in [-0.15, -0.1) is 0 Å². The van der Waals surface area contributed by atoms with Crippen LogP contribution in [0.15, 0.2) is 60.8 Å². The van der Waals surface area contributed by atoms with E-state index in [9.17, 15) is 8.78 Å². The fourth-order valence-corrected chi connectivity index (χ4v) is 2.35. The Labute approximate surface area is 125 Å². The Morgan fingerprint density at radius 2 is 1.33 bits per heavy atom. The Hall–Kier alpha value is -2.26. The summed E-state index contributed by atoms with van der Waals surface area (Å²) >= 11 is 5.97. The normalized spacial score (nSPS) is 10.6. The molecule has 0 radical (unpaired) electrons. The molecular formula is C17H10ClF2N. The summed E-state index contributed by atoms with van der Waals surface area (Å²) in [6.45, 7) is 0. The van der Waals surface area contributed by atoms with Crippen LogP contribution in [0.3, 0.4) is 0 Å². The summed E-state index contributed by atoms with van der Waals surface area (Å²) in [6.07, 6.45) is 1.42. The van der Waals surface area contributed by atoms with Crippen molar-refractivity contribution in [2.45, 2.75) is 0 Å². The molecule has 1 nitrogen and oxygen atoms in total. The molecule has 0 aliphatic heterocycles. The highest BCUT2D eigenvalue weighted by molar-refractivity contribution is 6.30. The maximum Gasteiger partial charge on any atom is 0.132 e. The van der Waals surface area contributed by atoms with Gasteiger partial charge in [0.25, 0.3) is 0 Å². The Balaban J connectivity index is 2.29. The molecule has 0 spiro atoms. The molecule has 4 heteroatoms. The van der Waals surface area contributed by atoms with Crippen molar-refractivity contribution in [2.75, 3.05) is 0 Å². The van der Waals surface area contributed by atoms with Crippen molar-refractivity contribution in [3.8, 4) is 22.4 Å². The van der Waals surface area contributed by atoms with Crippen molar-refractivity contribution in [3.63, 3.8) is 0 Å². The second-order valence-corrected chi connectivity index (χ2v) is 4.95. The first kappa shape index (κ1) is 13.7. The number of halogens is 3. The van der Waals surface area contributed by atoms with Gasteiger partial charge >= 0.3 is 0 Å². The number of hydrogen-bond donors (Lipinski definition) is 0. The molecular weight excluding hydrogens is 292 g/mol. The molecule has 0 fully saturated rings. The monoisotopic (exact) mass is 301 g/mol. The Bertz CT molecular complexity index is 802. The van der Waals surface area contributed by atoms with Crippen LogP contribution in [0, 0.1) is 11.6 Å². The molecule has 0 saturated heterocycles. The van der Waals surface area contributed by atoms with Crippen LogP contribution in [0.1, 0.15) is 0 Å². The second-order valence-electron chi connectivity index (χ2n) is 4.51. The smallest absolute Gasteiger partial charge is 0.132 e. The van der Waals surface area contributed by atoms with Crippen LogP contribution in [0.5, 0.6) is 0 Å². The minimum Gasteiger partial charge on any atom is -0.254 e. The zero-order chi connectivity index (χ0) is 14.8. The fourth-order valence-electron chi connectivity index (χ4n) is 2.19. The highest BCUT2D eigenvalue weighted by Crippen LogP contribution is 2.34. The lowest BCUT2D eigenvalue weighted by atomic mass is 9.99. The van der Waals surface area contributed by atoms with Gasteiger partial charge in [0.05, 0.1) is 10.7 Å². The highest BCUT2D eigenvalue weighted by atomic mass is 35.5.